The molecule has 0 spiro atoms. The molecule has 1 aromatic carbocycles. The number of hydrogen-bond acceptors (Lipinski definition) is 3. The van der Waals surface area contributed by atoms with Crippen molar-refractivity contribution in [3.8, 4) is 0 Å². The molecule has 0 amide bonds. The maximum Gasteiger partial charge on any atom is 0.204 e. The second kappa shape index (κ2) is 5.99. The summed E-state index contributed by atoms with van der Waals surface area (Å²) in [4.78, 5) is 9.10. The summed E-state index contributed by atoms with van der Waals surface area (Å²) in [5.74, 6) is 1.95. The van der Waals surface area contributed by atoms with Crippen LogP contribution in [0.4, 0.5) is 5.95 Å². The van der Waals surface area contributed by atoms with Crippen LogP contribution in [0.1, 0.15) is 26.1 Å². The second-order valence-electron chi connectivity index (χ2n) is 5.06. The van der Waals surface area contributed by atoms with Gasteiger partial charge in [0.1, 0.15) is 5.82 Å². The number of aromatic nitrogens is 4. The number of fused-ring (bicyclic) bond motifs is 1. The lowest BCUT2D eigenvalue weighted by Gasteiger charge is -2.10. The van der Waals surface area contributed by atoms with Crippen LogP contribution < -0.4 is 5.32 Å². The van der Waals surface area contributed by atoms with E-state index in [1.54, 1.807) is 0 Å². The summed E-state index contributed by atoms with van der Waals surface area (Å²) in [6.45, 7) is 6.89. The van der Waals surface area contributed by atoms with Crippen molar-refractivity contribution in [3.05, 3.63) is 42.5 Å². The Morgan fingerprint density at radius 2 is 2.05 bits per heavy atom. The minimum atomic E-state index is 0.688. The molecule has 0 bridgehead atoms. The summed E-state index contributed by atoms with van der Waals surface area (Å²) >= 11 is 0. The fourth-order valence-corrected chi connectivity index (χ4v) is 2.61. The third-order valence-electron chi connectivity index (χ3n) is 3.65. The molecule has 0 unspecified atom stereocenters. The summed E-state index contributed by atoms with van der Waals surface area (Å²) in [6.07, 6.45) is 4.93. The van der Waals surface area contributed by atoms with Gasteiger partial charge in [0, 0.05) is 25.5 Å². The highest BCUT2D eigenvalue weighted by atomic mass is 15.2. The number of nitrogens with one attached hydrogen (secondary N) is 1. The fraction of sp³-hybridized carbons (Fsp3) is 0.375. The zero-order valence-corrected chi connectivity index (χ0v) is 12.6. The van der Waals surface area contributed by atoms with Crippen LogP contribution >= 0.6 is 0 Å². The van der Waals surface area contributed by atoms with Gasteiger partial charge in [0.15, 0.2) is 0 Å². The van der Waals surface area contributed by atoms with Gasteiger partial charge >= 0.3 is 0 Å². The van der Waals surface area contributed by atoms with Gasteiger partial charge in [0.25, 0.3) is 0 Å². The minimum Gasteiger partial charge on any atom is -0.348 e. The Morgan fingerprint density at radius 1 is 1.19 bits per heavy atom. The molecule has 2 heterocycles. The number of imidazole rings is 2. The molecule has 2 aromatic heterocycles. The largest absolute Gasteiger partial charge is 0.348 e. The zero-order valence-electron chi connectivity index (χ0n) is 12.6. The normalized spacial score (nSPS) is 11.1. The van der Waals surface area contributed by atoms with E-state index in [4.69, 9.17) is 4.98 Å². The average molecular weight is 283 g/mol. The highest BCUT2D eigenvalue weighted by molar-refractivity contribution is 5.78. The molecular formula is C16H21N5. The van der Waals surface area contributed by atoms with Crippen LogP contribution in [0.15, 0.2) is 36.7 Å². The fourth-order valence-electron chi connectivity index (χ4n) is 2.61. The molecule has 5 nitrogen and oxygen atoms in total. The smallest absolute Gasteiger partial charge is 0.204 e. The number of para-hydroxylation sites is 2. The van der Waals surface area contributed by atoms with E-state index in [1.807, 2.05) is 18.5 Å². The Bertz CT molecular complexity index is 725. The van der Waals surface area contributed by atoms with Crippen molar-refractivity contribution in [2.24, 2.45) is 0 Å². The average Bonchev–Trinajstić information content (AvgIpc) is 3.10. The van der Waals surface area contributed by atoms with Gasteiger partial charge in [-0.15, -0.1) is 0 Å². The topological polar surface area (TPSA) is 47.7 Å². The van der Waals surface area contributed by atoms with E-state index in [1.165, 1.54) is 5.52 Å². The van der Waals surface area contributed by atoms with Gasteiger partial charge in [0.2, 0.25) is 5.95 Å². The number of anilines is 1. The molecule has 5 heteroatoms. The van der Waals surface area contributed by atoms with Crippen LogP contribution in [-0.4, -0.2) is 19.1 Å². The first kappa shape index (κ1) is 13.7. The van der Waals surface area contributed by atoms with Crippen molar-refractivity contribution < 1.29 is 0 Å². The summed E-state index contributed by atoms with van der Waals surface area (Å²) in [5.41, 5.74) is 2.22. The maximum atomic E-state index is 4.70. The van der Waals surface area contributed by atoms with Crippen molar-refractivity contribution in [2.45, 2.75) is 39.9 Å². The number of aryl methyl sites for hydroxylation is 2. The van der Waals surface area contributed by atoms with Crippen LogP contribution in [0.5, 0.6) is 0 Å². The summed E-state index contributed by atoms with van der Waals surface area (Å²) in [7, 11) is 0. The number of rotatable bonds is 6. The molecule has 1 N–H and O–H groups in total. The summed E-state index contributed by atoms with van der Waals surface area (Å²) in [5, 5.41) is 3.43. The standard InChI is InChI=1S/C16H21N5/c1-3-10-21-14-8-6-5-7-13(14)19-16(21)18-12-15-17-9-11-20(15)4-2/h5-9,11H,3-4,10,12H2,1-2H3,(H,18,19). The highest BCUT2D eigenvalue weighted by Crippen LogP contribution is 2.20. The Hall–Kier alpha value is -2.30. The van der Waals surface area contributed by atoms with Crippen LogP contribution in [0.25, 0.3) is 11.0 Å². The first-order valence-corrected chi connectivity index (χ1v) is 7.52. The second-order valence-corrected chi connectivity index (χ2v) is 5.06. The first-order valence-electron chi connectivity index (χ1n) is 7.52. The predicted octanol–water partition coefficient (Wildman–Crippen LogP) is 3.27. The van der Waals surface area contributed by atoms with Gasteiger partial charge in [-0.2, -0.15) is 0 Å². The molecule has 0 aliphatic rings. The van der Waals surface area contributed by atoms with Crippen LogP contribution in [-0.2, 0) is 19.6 Å². The minimum absolute atomic E-state index is 0.688. The molecule has 0 radical (unpaired) electrons. The molecule has 0 fully saturated rings. The molecule has 110 valence electrons. The van der Waals surface area contributed by atoms with E-state index in [0.717, 1.165) is 36.8 Å². The Morgan fingerprint density at radius 3 is 2.86 bits per heavy atom. The molecular weight excluding hydrogens is 262 g/mol. The maximum absolute atomic E-state index is 4.70. The van der Waals surface area contributed by atoms with Gasteiger partial charge in [0.05, 0.1) is 17.6 Å². The molecule has 0 saturated heterocycles. The van der Waals surface area contributed by atoms with Crippen LogP contribution in [0.3, 0.4) is 0 Å². The van der Waals surface area contributed by atoms with Gasteiger partial charge < -0.3 is 14.5 Å². The first-order chi connectivity index (χ1) is 10.3. The van der Waals surface area contributed by atoms with Gasteiger partial charge in [-0.05, 0) is 25.5 Å². The Balaban J connectivity index is 1.87. The lowest BCUT2D eigenvalue weighted by atomic mass is 10.3. The molecule has 0 atom stereocenters. The van der Waals surface area contributed by atoms with Crippen molar-refractivity contribution >= 4 is 17.0 Å². The Labute approximate surface area is 124 Å². The van der Waals surface area contributed by atoms with Crippen molar-refractivity contribution in [2.75, 3.05) is 5.32 Å². The van der Waals surface area contributed by atoms with Gasteiger partial charge in [-0.25, -0.2) is 9.97 Å². The third kappa shape index (κ3) is 2.63. The Kier molecular flexibility index (Phi) is 3.90. The van der Waals surface area contributed by atoms with Crippen LogP contribution in [0, 0.1) is 0 Å². The third-order valence-corrected chi connectivity index (χ3v) is 3.65. The van der Waals surface area contributed by atoms with Crippen LogP contribution in [0.2, 0.25) is 0 Å². The van der Waals surface area contributed by atoms with Crippen molar-refractivity contribution in [1.82, 2.24) is 19.1 Å². The van der Waals surface area contributed by atoms with Crippen molar-refractivity contribution in [1.29, 1.82) is 0 Å². The molecule has 3 aromatic rings. The van der Waals surface area contributed by atoms with Crippen molar-refractivity contribution in [3.63, 3.8) is 0 Å². The summed E-state index contributed by atoms with van der Waals surface area (Å²) < 4.78 is 4.38. The van der Waals surface area contributed by atoms with Gasteiger partial charge in [-0.3, -0.25) is 0 Å². The summed E-state index contributed by atoms with van der Waals surface area (Å²) in [6, 6.07) is 8.26. The number of benzene rings is 1. The van der Waals surface area contributed by atoms with E-state index in [9.17, 15) is 0 Å². The van der Waals surface area contributed by atoms with E-state index < -0.39 is 0 Å². The SMILES string of the molecule is CCCn1c(NCc2nccn2CC)nc2ccccc21. The monoisotopic (exact) mass is 283 g/mol. The van der Waals surface area contributed by atoms with Gasteiger partial charge in [-0.1, -0.05) is 19.1 Å². The van der Waals surface area contributed by atoms with E-state index >= 15 is 0 Å². The molecule has 0 aliphatic carbocycles. The highest BCUT2D eigenvalue weighted by Gasteiger charge is 2.10. The molecule has 0 saturated carbocycles. The van der Waals surface area contributed by atoms with E-state index in [2.05, 4.69) is 51.5 Å². The van der Waals surface area contributed by atoms with E-state index in [0.29, 0.717) is 6.54 Å². The van der Waals surface area contributed by atoms with E-state index in [-0.39, 0.29) is 0 Å². The molecule has 0 aliphatic heterocycles. The quantitative estimate of drug-likeness (QED) is 0.755. The molecule has 3 rings (SSSR count). The number of hydrogen-bond donors (Lipinski definition) is 1. The lowest BCUT2D eigenvalue weighted by molar-refractivity contribution is 0.684. The number of nitrogens with zero attached hydrogens (tertiary/aromatic N) is 4. The molecule has 21 heavy (non-hydrogen) atoms. The lowest BCUT2D eigenvalue weighted by Crippen LogP contribution is -2.11. The zero-order chi connectivity index (χ0) is 14.7. The predicted molar refractivity (Wildman–Crippen MR) is 85.3 cm³/mol.